The third-order valence-corrected chi connectivity index (χ3v) is 3.39. The number of carbonyl (C=O) groups is 2. The van der Waals surface area contributed by atoms with E-state index in [1.54, 1.807) is 38.2 Å². The number of amides is 1. The third-order valence-electron chi connectivity index (χ3n) is 2.89. The van der Waals surface area contributed by atoms with Gasteiger partial charge in [-0.1, -0.05) is 22.0 Å². The average Bonchev–Trinajstić information content (AvgIpc) is 2.80. The van der Waals surface area contributed by atoms with E-state index in [9.17, 15) is 9.59 Å². The second kappa shape index (κ2) is 6.58. The van der Waals surface area contributed by atoms with Crippen LogP contribution in [0.2, 0.25) is 0 Å². The number of aromatic amines is 1. The fourth-order valence-electron chi connectivity index (χ4n) is 1.92. The summed E-state index contributed by atoms with van der Waals surface area (Å²) in [6, 6.07) is 7.01. The molecule has 5 nitrogen and oxygen atoms in total. The van der Waals surface area contributed by atoms with Gasteiger partial charge in [0.2, 0.25) is 0 Å². The molecule has 0 unspecified atom stereocenters. The zero-order valence-electron chi connectivity index (χ0n) is 11.7. The van der Waals surface area contributed by atoms with Crippen molar-refractivity contribution in [3.8, 4) is 0 Å². The average molecular weight is 351 g/mol. The van der Waals surface area contributed by atoms with Crippen LogP contribution in [0.15, 0.2) is 34.9 Å². The second-order valence-corrected chi connectivity index (χ2v) is 5.30. The summed E-state index contributed by atoms with van der Waals surface area (Å²) in [5.41, 5.74) is 1.91. The number of anilines is 1. The molecule has 1 amide bonds. The van der Waals surface area contributed by atoms with Crippen LogP contribution in [0.1, 0.15) is 33.3 Å². The van der Waals surface area contributed by atoms with E-state index in [1.807, 2.05) is 6.07 Å². The van der Waals surface area contributed by atoms with Gasteiger partial charge in [0.15, 0.2) is 0 Å². The molecular weight excluding hydrogens is 336 g/mol. The van der Waals surface area contributed by atoms with E-state index in [0.29, 0.717) is 22.5 Å². The lowest BCUT2D eigenvalue weighted by Crippen LogP contribution is -2.15. The first-order chi connectivity index (χ1) is 10.0. The van der Waals surface area contributed by atoms with Gasteiger partial charge in [0, 0.05) is 21.9 Å². The highest BCUT2D eigenvalue weighted by Crippen LogP contribution is 2.21. The van der Waals surface area contributed by atoms with Crippen molar-refractivity contribution < 1.29 is 14.3 Å². The van der Waals surface area contributed by atoms with Crippen molar-refractivity contribution >= 4 is 33.5 Å². The second-order valence-electron chi connectivity index (χ2n) is 4.39. The van der Waals surface area contributed by atoms with Gasteiger partial charge in [0.05, 0.1) is 12.3 Å². The first kappa shape index (κ1) is 15.3. The highest BCUT2D eigenvalue weighted by atomic mass is 79.9. The van der Waals surface area contributed by atoms with Gasteiger partial charge in [0.25, 0.3) is 5.91 Å². The predicted octanol–water partition coefficient (Wildman–Crippen LogP) is 3.51. The van der Waals surface area contributed by atoms with Gasteiger partial charge < -0.3 is 15.0 Å². The molecule has 110 valence electrons. The van der Waals surface area contributed by atoms with E-state index in [4.69, 9.17) is 4.74 Å². The fraction of sp³-hybridized carbons (Fsp3) is 0.200. The van der Waals surface area contributed by atoms with Crippen LogP contribution in [0.4, 0.5) is 5.69 Å². The highest BCUT2D eigenvalue weighted by molar-refractivity contribution is 9.10. The number of ether oxygens (including phenoxy) is 1. The molecule has 21 heavy (non-hydrogen) atoms. The minimum Gasteiger partial charge on any atom is -0.462 e. The number of hydrogen-bond donors (Lipinski definition) is 2. The van der Waals surface area contributed by atoms with Crippen molar-refractivity contribution in [2.75, 3.05) is 11.9 Å². The van der Waals surface area contributed by atoms with E-state index in [-0.39, 0.29) is 12.5 Å². The van der Waals surface area contributed by atoms with Gasteiger partial charge in [-0.3, -0.25) is 4.79 Å². The Hall–Kier alpha value is -2.08. The summed E-state index contributed by atoms with van der Waals surface area (Å²) in [7, 11) is 0. The maximum Gasteiger partial charge on any atom is 0.342 e. The number of aromatic nitrogens is 1. The zero-order valence-corrected chi connectivity index (χ0v) is 13.3. The Labute approximate surface area is 130 Å². The Bertz CT molecular complexity index is 679. The molecule has 0 fully saturated rings. The Morgan fingerprint density at radius 1 is 1.38 bits per heavy atom. The van der Waals surface area contributed by atoms with Gasteiger partial charge in [-0.25, -0.2) is 4.79 Å². The number of aryl methyl sites for hydroxylation is 1. The van der Waals surface area contributed by atoms with Crippen LogP contribution >= 0.6 is 15.9 Å². The van der Waals surface area contributed by atoms with Crippen LogP contribution < -0.4 is 5.32 Å². The van der Waals surface area contributed by atoms with Crippen LogP contribution in [0.5, 0.6) is 0 Å². The maximum atomic E-state index is 12.2. The lowest BCUT2D eigenvalue weighted by molar-refractivity contribution is 0.0527. The molecule has 0 atom stereocenters. The van der Waals surface area contributed by atoms with E-state index in [2.05, 4.69) is 26.2 Å². The van der Waals surface area contributed by atoms with Gasteiger partial charge in [-0.05, 0) is 32.0 Å². The normalized spacial score (nSPS) is 10.2. The lowest BCUT2D eigenvalue weighted by Gasteiger charge is -2.07. The summed E-state index contributed by atoms with van der Waals surface area (Å²) in [6.07, 6.45) is 1.58. The smallest absolute Gasteiger partial charge is 0.342 e. The topological polar surface area (TPSA) is 71.2 Å². The minimum absolute atomic E-state index is 0.280. The zero-order chi connectivity index (χ0) is 15.4. The van der Waals surface area contributed by atoms with E-state index in [1.165, 1.54) is 0 Å². The van der Waals surface area contributed by atoms with Gasteiger partial charge in [0.1, 0.15) is 5.56 Å². The molecule has 6 heteroatoms. The number of H-pyrrole nitrogens is 1. The standard InChI is InChI=1S/C15H15BrN2O3/c1-3-21-15(20)13-9(2)17-8-12(13)18-14(19)10-5-4-6-11(16)7-10/h4-8,17H,3H2,1-2H3,(H,18,19). The molecule has 0 saturated heterocycles. The third kappa shape index (κ3) is 3.52. The first-order valence-electron chi connectivity index (χ1n) is 6.45. The minimum atomic E-state index is -0.458. The SMILES string of the molecule is CCOC(=O)c1c(NC(=O)c2cccc(Br)c2)c[nH]c1C. The van der Waals surface area contributed by atoms with Crippen molar-refractivity contribution in [2.45, 2.75) is 13.8 Å². The fourth-order valence-corrected chi connectivity index (χ4v) is 2.32. The predicted molar refractivity (Wildman–Crippen MR) is 83.6 cm³/mol. The van der Waals surface area contributed by atoms with E-state index in [0.717, 1.165) is 4.47 Å². The van der Waals surface area contributed by atoms with Crippen LogP contribution in [0.25, 0.3) is 0 Å². The quantitative estimate of drug-likeness (QED) is 0.828. The Kier molecular flexibility index (Phi) is 4.80. The molecule has 2 aromatic rings. The summed E-state index contributed by atoms with van der Waals surface area (Å²) >= 11 is 3.32. The molecule has 2 N–H and O–H groups in total. The maximum absolute atomic E-state index is 12.2. The molecule has 1 aromatic carbocycles. The molecule has 0 aliphatic carbocycles. The molecule has 0 saturated carbocycles. The van der Waals surface area contributed by atoms with E-state index >= 15 is 0 Å². The molecule has 1 heterocycles. The Morgan fingerprint density at radius 3 is 2.81 bits per heavy atom. The van der Waals surface area contributed by atoms with Crippen LogP contribution in [-0.4, -0.2) is 23.5 Å². The van der Waals surface area contributed by atoms with E-state index < -0.39 is 5.97 Å². The summed E-state index contributed by atoms with van der Waals surface area (Å²) in [5, 5.41) is 2.72. The van der Waals surface area contributed by atoms with Crippen molar-refractivity contribution in [3.63, 3.8) is 0 Å². The molecular formula is C15H15BrN2O3. The van der Waals surface area contributed by atoms with Crippen LogP contribution in [0.3, 0.4) is 0 Å². The largest absolute Gasteiger partial charge is 0.462 e. The number of carbonyl (C=O) groups excluding carboxylic acids is 2. The number of halogens is 1. The lowest BCUT2D eigenvalue weighted by atomic mass is 10.2. The Balaban J connectivity index is 2.24. The van der Waals surface area contributed by atoms with Crippen molar-refractivity contribution in [1.29, 1.82) is 0 Å². The number of rotatable bonds is 4. The summed E-state index contributed by atoms with van der Waals surface area (Å²) in [5.74, 6) is -0.748. The number of esters is 1. The molecule has 0 bridgehead atoms. The van der Waals surface area contributed by atoms with Crippen LogP contribution in [0, 0.1) is 6.92 Å². The van der Waals surface area contributed by atoms with Gasteiger partial charge in [-0.2, -0.15) is 0 Å². The summed E-state index contributed by atoms with van der Waals surface area (Å²) < 4.78 is 5.81. The number of benzene rings is 1. The summed E-state index contributed by atoms with van der Waals surface area (Å²) in [4.78, 5) is 27.0. The molecule has 0 aliphatic heterocycles. The molecule has 0 aliphatic rings. The van der Waals surface area contributed by atoms with Gasteiger partial charge in [-0.15, -0.1) is 0 Å². The number of hydrogen-bond acceptors (Lipinski definition) is 3. The Morgan fingerprint density at radius 2 is 2.14 bits per heavy atom. The van der Waals surface area contributed by atoms with Gasteiger partial charge >= 0.3 is 5.97 Å². The molecule has 1 aromatic heterocycles. The van der Waals surface area contributed by atoms with Crippen molar-refractivity contribution in [1.82, 2.24) is 4.98 Å². The van der Waals surface area contributed by atoms with Crippen molar-refractivity contribution in [3.05, 3.63) is 51.8 Å². The monoisotopic (exact) mass is 350 g/mol. The first-order valence-corrected chi connectivity index (χ1v) is 7.24. The molecule has 0 radical (unpaired) electrons. The number of nitrogens with one attached hydrogen (secondary N) is 2. The molecule has 2 rings (SSSR count). The highest BCUT2D eigenvalue weighted by Gasteiger charge is 2.19. The molecule has 0 spiro atoms. The van der Waals surface area contributed by atoms with Crippen LogP contribution in [-0.2, 0) is 4.74 Å². The van der Waals surface area contributed by atoms with Crippen molar-refractivity contribution in [2.24, 2.45) is 0 Å². The summed E-state index contributed by atoms with van der Waals surface area (Å²) in [6.45, 7) is 3.77.